The van der Waals surface area contributed by atoms with Crippen molar-refractivity contribution in [1.29, 1.82) is 0 Å². The first-order valence-corrected chi connectivity index (χ1v) is 11.8. The van der Waals surface area contributed by atoms with Gasteiger partial charge in [0, 0.05) is 22.5 Å². The van der Waals surface area contributed by atoms with Gasteiger partial charge in [0.25, 0.3) is 0 Å². The fourth-order valence-corrected chi connectivity index (χ4v) is 4.46. The largest absolute Gasteiger partial charge is 0.279 e. The monoisotopic (exact) mass is 456 g/mol. The van der Waals surface area contributed by atoms with E-state index >= 15 is 0 Å². The number of aryl methyl sites for hydroxylation is 4. The lowest BCUT2D eigenvalue weighted by Gasteiger charge is -2.24. The number of hydrogen-bond donors (Lipinski definition) is 0. The Kier molecular flexibility index (Phi) is 6.11. The van der Waals surface area contributed by atoms with Crippen LogP contribution in [0.2, 0.25) is 0 Å². The van der Waals surface area contributed by atoms with Crippen molar-refractivity contribution < 1.29 is 0 Å². The minimum atomic E-state index is 0.584. The van der Waals surface area contributed by atoms with Gasteiger partial charge < -0.3 is 0 Å². The molecule has 0 saturated heterocycles. The van der Waals surface area contributed by atoms with Crippen LogP contribution in [0.15, 0.2) is 97.1 Å². The molecule has 5 aromatic rings. The van der Waals surface area contributed by atoms with Gasteiger partial charge in [-0.15, -0.1) is 0 Å². The van der Waals surface area contributed by atoms with Crippen molar-refractivity contribution in [3.05, 3.63) is 119 Å². The molecule has 1 heterocycles. The molecule has 0 spiro atoms. The Hall–Kier alpha value is -4.31. The maximum atomic E-state index is 5.01. The highest BCUT2D eigenvalue weighted by atomic mass is 15.3. The number of anilines is 3. The minimum absolute atomic E-state index is 0.584. The molecule has 4 nitrogen and oxygen atoms in total. The summed E-state index contributed by atoms with van der Waals surface area (Å²) in [6, 6.07) is 33.3. The first-order chi connectivity index (χ1) is 17.0. The number of rotatable bonds is 5. The summed E-state index contributed by atoms with van der Waals surface area (Å²) < 4.78 is 0. The Morgan fingerprint density at radius 3 is 1.20 bits per heavy atom. The van der Waals surface area contributed by atoms with E-state index in [0.717, 1.165) is 22.5 Å². The molecule has 35 heavy (non-hydrogen) atoms. The van der Waals surface area contributed by atoms with E-state index in [9.17, 15) is 0 Å². The molecule has 4 aromatic carbocycles. The zero-order valence-electron chi connectivity index (χ0n) is 20.5. The van der Waals surface area contributed by atoms with Crippen molar-refractivity contribution in [1.82, 2.24) is 15.0 Å². The molecule has 1 aromatic heterocycles. The first kappa shape index (κ1) is 22.5. The second-order valence-electron chi connectivity index (χ2n) is 9.04. The van der Waals surface area contributed by atoms with Crippen molar-refractivity contribution in [2.24, 2.45) is 0 Å². The molecule has 0 radical (unpaired) electrons. The van der Waals surface area contributed by atoms with Crippen LogP contribution in [0.25, 0.3) is 22.8 Å². The molecule has 0 unspecified atom stereocenters. The van der Waals surface area contributed by atoms with Gasteiger partial charge in [-0.25, -0.2) is 4.98 Å². The van der Waals surface area contributed by atoms with E-state index in [4.69, 9.17) is 15.0 Å². The maximum Gasteiger partial charge on any atom is 0.238 e. The Morgan fingerprint density at radius 2 is 0.829 bits per heavy atom. The van der Waals surface area contributed by atoms with Gasteiger partial charge in [0.1, 0.15) is 0 Å². The van der Waals surface area contributed by atoms with Crippen molar-refractivity contribution >= 4 is 17.3 Å². The van der Waals surface area contributed by atoms with Crippen molar-refractivity contribution in [2.75, 3.05) is 4.90 Å². The molecule has 0 aliphatic heterocycles. The standard InChI is InChI=1S/C31H28N4/c1-21-15-22(2)18-25(17-21)29-32-30(26-19-23(3)16-24(4)20-26)34-31(33-29)35(27-11-7-5-8-12-27)28-13-9-6-10-14-28/h5-20H,1-4H3. The van der Waals surface area contributed by atoms with Gasteiger partial charge in [0.15, 0.2) is 11.6 Å². The second-order valence-corrected chi connectivity index (χ2v) is 9.04. The summed E-state index contributed by atoms with van der Waals surface area (Å²) in [4.78, 5) is 17.1. The van der Waals surface area contributed by atoms with E-state index in [1.54, 1.807) is 0 Å². The fourth-order valence-electron chi connectivity index (χ4n) is 4.46. The van der Waals surface area contributed by atoms with Gasteiger partial charge in [-0.3, -0.25) is 4.90 Å². The summed E-state index contributed by atoms with van der Waals surface area (Å²) in [6.07, 6.45) is 0. The van der Waals surface area contributed by atoms with Crippen molar-refractivity contribution in [3.8, 4) is 22.8 Å². The molecule has 0 amide bonds. The van der Waals surface area contributed by atoms with Crippen molar-refractivity contribution in [2.45, 2.75) is 27.7 Å². The molecule has 0 aliphatic rings. The fraction of sp³-hybridized carbons (Fsp3) is 0.129. The highest BCUT2D eigenvalue weighted by Crippen LogP contribution is 2.34. The Balaban J connectivity index is 1.78. The average Bonchev–Trinajstić information content (AvgIpc) is 2.84. The van der Waals surface area contributed by atoms with Crippen LogP contribution in [0.3, 0.4) is 0 Å². The van der Waals surface area contributed by atoms with E-state index in [1.165, 1.54) is 22.3 Å². The first-order valence-electron chi connectivity index (χ1n) is 11.8. The van der Waals surface area contributed by atoms with E-state index < -0.39 is 0 Å². The van der Waals surface area contributed by atoms with E-state index in [2.05, 4.69) is 93.3 Å². The number of hydrogen-bond acceptors (Lipinski definition) is 4. The summed E-state index contributed by atoms with van der Waals surface area (Å²) >= 11 is 0. The SMILES string of the molecule is Cc1cc(C)cc(-c2nc(-c3cc(C)cc(C)c3)nc(N(c3ccccc3)c3ccccc3)n2)c1. The highest BCUT2D eigenvalue weighted by molar-refractivity contribution is 5.75. The lowest BCUT2D eigenvalue weighted by Crippen LogP contribution is -2.15. The van der Waals surface area contributed by atoms with E-state index in [0.29, 0.717) is 17.6 Å². The van der Waals surface area contributed by atoms with E-state index in [1.807, 2.05) is 36.4 Å². The van der Waals surface area contributed by atoms with Crippen LogP contribution in [0.4, 0.5) is 17.3 Å². The lowest BCUT2D eigenvalue weighted by molar-refractivity contribution is 1.02. The van der Waals surface area contributed by atoms with Gasteiger partial charge in [0.2, 0.25) is 5.95 Å². The number of benzene rings is 4. The summed E-state index contributed by atoms with van der Waals surface area (Å²) in [5, 5.41) is 0. The van der Waals surface area contributed by atoms with Crippen LogP contribution in [-0.4, -0.2) is 15.0 Å². The maximum absolute atomic E-state index is 5.01. The highest BCUT2D eigenvalue weighted by Gasteiger charge is 2.19. The molecule has 172 valence electrons. The van der Waals surface area contributed by atoms with Crippen LogP contribution < -0.4 is 4.90 Å². The molecule has 0 aliphatic carbocycles. The minimum Gasteiger partial charge on any atom is -0.279 e. The third-order valence-corrected chi connectivity index (χ3v) is 5.81. The molecule has 0 fully saturated rings. The third-order valence-electron chi connectivity index (χ3n) is 5.81. The Labute approximate surface area is 207 Å². The van der Waals surface area contributed by atoms with Gasteiger partial charge in [-0.2, -0.15) is 9.97 Å². The third kappa shape index (κ3) is 4.97. The average molecular weight is 457 g/mol. The molecule has 4 heteroatoms. The van der Waals surface area contributed by atoms with Crippen LogP contribution >= 0.6 is 0 Å². The zero-order chi connectivity index (χ0) is 24.4. The van der Waals surface area contributed by atoms with Crippen LogP contribution in [0.1, 0.15) is 22.3 Å². The smallest absolute Gasteiger partial charge is 0.238 e. The van der Waals surface area contributed by atoms with Gasteiger partial charge in [-0.1, -0.05) is 70.8 Å². The Bertz CT molecular complexity index is 1330. The summed E-state index contributed by atoms with van der Waals surface area (Å²) in [5.74, 6) is 1.90. The molecular weight excluding hydrogens is 428 g/mol. The topological polar surface area (TPSA) is 41.9 Å². The van der Waals surface area contributed by atoms with Gasteiger partial charge >= 0.3 is 0 Å². The second kappa shape index (κ2) is 9.51. The van der Waals surface area contributed by atoms with Gasteiger partial charge in [0.05, 0.1) is 0 Å². The quantitative estimate of drug-likeness (QED) is 0.269. The number of para-hydroxylation sites is 2. The van der Waals surface area contributed by atoms with Gasteiger partial charge in [-0.05, 0) is 76.2 Å². The van der Waals surface area contributed by atoms with Crippen molar-refractivity contribution in [3.63, 3.8) is 0 Å². The molecular formula is C31H28N4. The number of aromatic nitrogens is 3. The summed E-state index contributed by atoms with van der Waals surface area (Å²) in [7, 11) is 0. The summed E-state index contributed by atoms with van der Waals surface area (Å²) in [5.41, 5.74) is 8.66. The van der Waals surface area contributed by atoms with E-state index in [-0.39, 0.29) is 0 Å². The Morgan fingerprint density at radius 1 is 0.457 bits per heavy atom. The normalized spacial score (nSPS) is 10.9. The lowest BCUT2D eigenvalue weighted by atomic mass is 10.1. The molecule has 0 bridgehead atoms. The predicted octanol–water partition coefficient (Wildman–Crippen LogP) is 7.91. The molecule has 0 N–H and O–H groups in total. The molecule has 0 atom stereocenters. The molecule has 5 rings (SSSR count). The van der Waals surface area contributed by atoms with Crippen LogP contribution in [-0.2, 0) is 0 Å². The predicted molar refractivity (Wildman–Crippen MR) is 144 cm³/mol. The van der Waals surface area contributed by atoms with Crippen LogP contribution in [0, 0.1) is 27.7 Å². The number of nitrogens with zero attached hydrogens (tertiary/aromatic N) is 4. The summed E-state index contributed by atoms with van der Waals surface area (Å²) in [6.45, 7) is 8.40. The van der Waals surface area contributed by atoms with Crippen LogP contribution in [0.5, 0.6) is 0 Å². The zero-order valence-corrected chi connectivity index (χ0v) is 20.5. The molecule has 0 saturated carbocycles.